The Morgan fingerprint density at radius 2 is 1.89 bits per heavy atom. The minimum atomic E-state index is -0.621. The van der Waals surface area contributed by atoms with Gasteiger partial charge in [0.2, 0.25) is 0 Å². The highest BCUT2D eigenvalue weighted by Crippen LogP contribution is 2.21. The Bertz CT molecular complexity index is 587. The molecule has 0 heterocycles. The van der Waals surface area contributed by atoms with E-state index in [1.807, 2.05) is 30.3 Å². The highest BCUT2D eigenvalue weighted by molar-refractivity contribution is 5.35. The highest BCUT2D eigenvalue weighted by atomic mass is 19.1. The second kappa shape index (κ2) is 5.58. The lowest BCUT2D eigenvalue weighted by atomic mass is 9.99. The second-order valence-corrected chi connectivity index (χ2v) is 4.25. The van der Waals surface area contributed by atoms with E-state index in [1.54, 1.807) is 0 Å². The Balaban J connectivity index is 2.18. The Labute approximate surface area is 109 Å². The van der Waals surface area contributed by atoms with Gasteiger partial charge in [0.25, 0.3) is 5.69 Å². The predicted molar refractivity (Wildman–Crippen MR) is 70.1 cm³/mol. The Kier molecular flexibility index (Phi) is 3.87. The molecule has 0 spiro atoms. The Morgan fingerprint density at radius 3 is 2.47 bits per heavy atom. The molecule has 0 aliphatic heterocycles. The van der Waals surface area contributed by atoms with Crippen LogP contribution in [-0.2, 0) is 6.42 Å². The summed E-state index contributed by atoms with van der Waals surface area (Å²) in [5, 5.41) is 10.5. The van der Waals surface area contributed by atoms with Gasteiger partial charge in [-0.05, 0) is 23.6 Å². The number of hydrogen-bond acceptors (Lipinski definition) is 3. The molecule has 98 valence electrons. The molecule has 1 atom stereocenters. The van der Waals surface area contributed by atoms with Crippen LogP contribution in [0.15, 0.2) is 48.5 Å². The maximum absolute atomic E-state index is 13.7. The minimum Gasteiger partial charge on any atom is -0.324 e. The van der Waals surface area contributed by atoms with Gasteiger partial charge >= 0.3 is 0 Å². The lowest BCUT2D eigenvalue weighted by Crippen LogP contribution is -2.14. The van der Waals surface area contributed by atoms with Gasteiger partial charge in [0.05, 0.1) is 11.0 Å². The van der Waals surface area contributed by atoms with Gasteiger partial charge in [0, 0.05) is 12.1 Å². The van der Waals surface area contributed by atoms with Crippen molar-refractivity contribution in [1.82, 2.24) is 0 Å². The number of nitro benzene ring substituents is 1. The fourth-order valence-corrected chi connectivity index (χ4v) is 1.87. The number of hydrogen-bond donors (Lipinski definition) is 1. The van der Waals surface area contributed by atoms with E-state index < -0.39 is 10.7 Å². The van der Waals surface area contributed by atoms with Crippen LogP contribution in [-0.4, -0.2) is 4.92 Å². The summed E-state index contributed by atoms with van der Waals surface area (Å²) < 4.78 is 13.7. The van der Waals surface area contributed by atoms with Crippen LogP contribution in [0, 0.1) is 15.9 Å². The van der Waals surface area contributed by atoms with Crippen LogP contribution < -0.4 is 5.73 Å². The van der Waals surface area contributed by atoms with Crippen molar-refractivity contribution in [3.8, 4) is 0 Å². The summed E-state index contributed by atoms with van der Waals surface area (Å²) in [5.74, 6) is -0.597. The molecule has 2 aromatic carbocycles. The molecule has 0 fully saturated rings. The maximum atomic E-state index is 13.7. The zero-order valence-corrected chi connectivity index (χ0v) is 10.1. The second-order valence-electron chi connectivity index (χ2n) is 4.25. The number of non-ortho nitro benzene ring substituents is 1. The lowest BCUT2D eigenvalue weighted by Gasteiger charge is -2.12. The largest absolute Gasteiger partial charge is 0.324 e. The van der Waals surface area contributed by atoms with E-state index in [4.69, 9.17) is 5.73 Å². The zero-order valence-electron chi connectivity index (χ0n) is 10.1. The lowest BCUT2D eigenvalue weighted by molar-refractivity contribution is -0.385. The van der Waals surface area contributed by atoms with Gasteiger partial charge in [-0.1, -0.05) is 30.3 Å². The average molecular weight is 260 g/mol. The van der Waals surface area contributed by atoms with Gasteiger partial charge in [0.15, 0.2) is 0 Å². The molecule has 2 aromatic rings. The van der Waals surface area contributed by atoms with Crippen LogP contribution in [0.25, 0.3) is 0 Å². The molecule has 0 saturated heterocycles. The number of nitrogens with zero attached hydrogens (tertiary/aromatic N) is 1. The van der Waals surface area contributed by atoms with Gasteiger partial charge in [-0.25, -0.2) is 4.39 Å². The molecule has 2 rings (SSSR count). The summed E-state index contributed by atoms with van der Waals surface area (Å²) >= 11 is 0. The maximum Gasteiger partial charge on any atom is 0.272 e. The SMILES string of the molecule is NC(Cc1ccc([N+](=O)[O-])cc1F)c1ccccc1. The molecule has 0 aliphatic rings. The molecule has 0 aliphatic carbocycles. The number of nitrogens with two attached hydrogens (primary N) is 1. The molecule has 19 heavy (non-hydrogen) atoms. The fourth-order valence-electron chi connectivity index (χ4n) is 1.87. The molecule has 0 aromatic heterocycles. The first-order valence-electron chi connectivity index (χ1n) is 5.81. The first-order valence-corrected chi connectivity index (χ1v) is 5.81. The number of nitro groups is 1. The average Bonchev–Trinajstić information content (AvgIpc) is 2.41. The van der Waals surface area contributed by atoms with E-state index in [-0.39, 0.29) is 11.7 Å². The van der Waals surface area contributed by atoms with Crippen molar-refractivity contribution in [3.63, 3.8) is 0 Å². The summed E-state index contributed by atoms with van der Waals surface area (Å²) in [5.41, 5.74) is 7.02. The van der Waals surface area contributed by atoms with Crippen molar-refractivity contribution in [2.24, 2.45) is 5.73 Å². The van der Waals surface area contributed by atoms with Crippen LogP contribution in [0.1, 0.15) is 17.2 Å². The van der Waals surface area contributed by atoms with Crippen LogP contribution >= 0.6 is 0 Å². The number of rotatable bonds is 4. The van der Waals surface area contributed by atoms with Crippen molar-refractivity contribution in [1.29, 1.82) is 0 Å². The van der Waals surface area contributed by atoms with Crippen LogP contribution in [0.4, 0.5) is 10.1 Å². The first kappa shape index (κ1) is 13.2. The van der Waals surface area contributed by atoms with Crippen LogP contribution in [0.3, 0.4) is 0 Å². The highest BCUT2D eigenvalue weighted by Gasteiger charge is 2.14. The van der Waals surface area contributed by atoms with E-state index in [0.717, 1.165) is 11.6 Å². The number of benzene rings is 2. The molecule has 0 amide bonds. The molecule has 0 saturated carbocycles. The summed E-state index contributed by atoms with van der Waals surface area (Å²) in [4.78, 5) is 9.90. The van der Waals surface area contributed by atoms with Gasteiger partial charge < -0.3 is 5.73 Å². The minimum absolute atomic E-state index is 0.255. The third kappa shape index (κ3) is 3.14. The first-order chi connectivity index (χ1) is 9.08. The third-order valence-electron chi connectivity index (χ3n) is 2.92. The molecule has 1 unspecified atom stereocenters. The summed E-state index contributed by atoms with van der Waals surface area (Å²) in [6, 6.07) is 12.6. The van der Waals surface area contributed by atoms with E-state index in [1.165, 1.54) is 12.1 Å². The summed E-state index contributed by atoms with van der Waals surface area (Å²) in [6.45, 7) is 0. The van der Waals surface area contributed by atoms with Crippen molar-refractivity contribution in [3.05, 3.63) is 75.6 Å². The van der Waals surface area contributed by atoms with Gasteiger partial charge in [0.1, 0.15) is 5.82 Å². The smallest absolute Gasteiger partial charge is 0.272 e. The molecule has 5 heteroatoms. The molecule has 0 bridgehead atoms. The number of halogens is 1. The molecule has 2 N–H and O–H groups in total. The Hall–Kier alpha value is -2.27. The summed E-state index contributed by atoms with van der Waals surface area (Å²) in [6.07, 6.45) is 0.299. The van der Waals surface area contributed by atoms with Gasteiger partial charge in [-0.15, -0.1) is 0 Å². The van der Waals surface area contributed by atoms with Gasteiger partial charge in [-0.2, -0.15) is 0 Å². The van der Waals surface area contributed by atoms with Crippen molar-refractivity contribution >= 4 is 5.69 Å². The van der Waals surface area contributed by atoms with Gasteiger partial charge in [-0.3, -0.25) is 10.1 Å². The van der Waals surface area contributed by atoms with E-state index in [9.17, 15) is 14.5 Å². The standard InChI is InChI=1S/C14H13FN2O2/c15-13-9-12(17(18)19)7-6-11(13)8-14(16)10-4-2-1-3-5-10/h1-7,9,14H,8,16H2. The molecule has 4 nitrogen and oxygen atoms in total. The molecule has 0 radical (unpaired) electrons. The normalized spacial score (nSPS) is 12.1. The molecular weight excluding hydrogens is 247 g/mol. The van der Waals surface area contributed by atoms with Crippen molar-refractivity contribution < 1.29 is 9.31 Å². The molecular formula is C14H13FN2O2. The van der Waals surface area contributed by atoms with Crippen molar-refractivity contribution in [2.45, 2.75) is 12.5 Å². The Morgan fingerprint density at radius 1 is 1.21 bits per heavy atom. The van der Waals surface area contributed by atoms with E-state index in [2.05, 4.69) is 0 Å². The quantitative estimate of drug-likeness (QED) is 0.678. The monoisotopic (exact) mass is 260 g/mol. The van der Waals surface area contributed by atoms with Crippen LogP contribution in [0.5, 0.6) is 0 Å². The zero-order chi connectivity index (χ0) is 13.8. The third-order valence-corrected chi connectivity index (χ3v) is 2.92. The van der Waals surface area contributed by atoms with Crippen molar-refractivity contribution in [2.75, 3.05) is 0 Å². The fraction of sp³-hybridized carbons (Fsp3) is 0.143. The van der Waals surface area contributed by atoms with E-state index >= 15 is 0 Å². The summed E-state index contributed by atoms with van der Waals surface area (Å²) in [7, 11) is 0. The van der Waals surface area contributed by atoms with Crippen LogP contribution in [0.2, 0.25) is 0 Å². The predicted octanol–water partition coefficient (Wildman–Crippen LogP) is 2.98. The van der Waals surface area contributed by atoms with E-state index in [0.29, 0.717) is 12.0 Å². The topological polar surface area (TPSA) is 69.2 Å².